The third-order valence-electron chi connectivity index (χ3n) is 2.91. The lowest BCUT2D eigenvalue weighted by atomic mass is 10.1. The first-order chi connectivity index (χ1) is 9.24. The van der Waals surface area contributed by atoms with E-state index in [1.807, 2.05) is 0 Å². The Morgan fingerprint density at radius 1 is 1.42 bits per heavy atom. The third kappa shape index (κ3) is 2.39. The fourth-order valence-corrected chi connectivity index (χ4v) is 2.49. The third-order valence-corrected chi connectivity index (χ3v) is 3.73. The summed E-state index contributed by atoms with van der Waals surface area (Å²) in [5.74, 6) is 0.592. The number of hydrogen-bond donors (Lipinski definition) is 1. The Labute approximate surface area is 113 Å². The fourth-order valence-electron chi connectivity index (χ4n) is 1.86. The monoisotopic (exact) mass is 276 g/mol. The topological polar surface area (TPSA) is 83.9 Å². The van der Waals surface area contributed by atoms with E-state index in [-0.39, 0.29) is 11.9 Å². The highest BCUT2D eigenvalue weighted by Gasteiger charge is 2.33. The number of anilines is 1. The summed E-state index contributed by atoms with van der Waals surface area (Å²) in [6.45, 7) is 3.09. The van der Waals surface area contributed by atoms with E-state index < -0.39 is 0 Å². The second-order valence-electron chi connectivity index (χ2n) is 4.31. The Morgan fingerprint density at radius 3 is 2.79 bits per heavy atom. The van der Waals surface area contributed by atoms with Crippen LogP contribution in [0.2, 0.25) is 0 Å². The van der Waals surface area contributed by atoms with Gasteiger partial charge in [0.25, 0.3) is 5.91 Å². The van der Waals surface area contributed by atoms with Crippen LogP contribution in [0.25, 0.3) is 0 Å². The van der Waals surface area contributed by atoms with Crippen LogP contribution < -0.4 is 5.32 Å². The first-order valence-corrected chi connectivity index (χ1v) is 6.63. The van der Waals surface area contributed by atoms with Gasteiger partial charge in [-0.05, 0) is 24.5 Å². The van der Waals surface area contributed by atoms with Crippen LogP contribution >= 0.6 is 11.5 Å². The molecule has 1 N–H and O–H groups in total. The predicted octanol–water partition coefficient (Wildman–Crippen LogP) is 0.573. The molecule has 98 valence electrons. The summed E-state index contributed by atoms with van der Waals surface area (Å²) in [6.07, 6.45) is 3.37. The van der Waals surface area contributed by atoms with Crippen molar-refractivity contribution in [3.05, 3.63) is 29.0 Å². The first-order valence-electron chi connectivity index (χ1n) is 5.86. The average Bonchev–Trinajstić information content (AvgIpc) is 2.80. The number of nitrogens with zero attached hydrogens (tertiary/aromatic N) is 5. The van der Waals surface area contributed by atoms with Crippen molar-refractivity contribution < 1.29 is 4.79 Å². The van der Waals surface area contributed by atoms with Gasteiger partial charge in [-0.1, -0.05) is 4.49 Å². The Balaban J connectivity index is 1.56. The lowest BCUT2D eigenvalue weighted by Crippen LogP contribution is -2.57. The van der Waals surface area contributed by atoms with Gasteiger partial charge in [0.15, 0.2) is 0 Å². The zero-order chi connectivity index (χ0) is 13.2. The van der Waals surface area contributed by atoms with E-state index >= 15 is 0 Å². The Bertz CT molecular complexity index is 580. The van der Waals surface area contributed by atoms with Gasteiger partial charge in [0, 0.05) is 25.5 Å². The quantitative estimate of drug-likeness (QED) is 0.882. The molecule has 2 aromatic heterocycles. The van der Waals surface area contributed by atoms with E-state index in [9.17, 15) is 4.79 Å². The molecule has 0 aromatic carbocycles. The normalized spacial score (nSPS) is 15.1. The van der Waals surface area contributed by atoms with Crippen molar-refractivity contribution in [2.24, 2.45) is 0 Å². The Morgan fingerprint density at radius 2 is 2.16 bits per heavy atom. The molecule has 2 aromatic rings. The molecule has 1 saturated heterocycles. The maximum Gasteiger partial charge on any atom is 0.267 e. The molecule has 1 aliphatic rings. The zero-order valence-corrected chi connectivity index (χ0v) is 11.1. The molecule has 1 amide bonds. The number of likely N-dealkylation sites (tertiary alicyclic amines) is 1. The molecule has 0 spiro atoms. The van der Waals surface area contributed by atoms with Crippen molar-refractivity contribution >= 4 is 23.4 Å². The lowest BCUT2D eigenvalue weighted by molar-refractivity contribution is 0.0628. The van der Waals surface area contributed by atoms with Crippen molar-refractivity contribution in [3.8, 4) is 0 Å². The van der Waals surface area contributed by atoms with E-state index in [4.69, 9.17) is 0 Å². The van der Waals surface area contributed by atoms with E-state index in [1.165, 1.54) is 0 Å². The lowest BCUT2D eigenvalue weighted by Gasteiger charge is -2.39. The van der Waals surface area contributed by atoms with Gasteiger partial charge in [0.2, 0.25) is 5.95 Å². The molecule has 0 radical (unpaired) electrons. The second-order valence-corrected chi connectivity index (χ2v) is 5.07. The van der Waals surface area contributed by atoms with Gasteiger partial charge in [-0.25, -0.2) is 9.97 Å². The highest BCUT2D eigenvalue weighted by atomic mass is 32.1. The molecule has 0 saturated carbocycles. The minimum atomic E-state index is -0.000435. The van der Waals surface area contributed by atoms with Gasteiger partial charge >= 0.3 is 0 Å². The van der Waals surface area contributed by atoms with E-state index in [0.717, 1.165) is 11.5 Å². The number of rotatable bonds is 3. The largest absolute Gasteiger partial charge is 0.348 e. The number of hydrogen-bond acceptors (Lipinski definition) is 7. The molecule has 1 fully saturated rings. The van der Waals surface area contributed by atoms with Gasteiger partial charge < -0.3 is 10.2 Å². The minimum Gasteiger partial charge on any atom is -0.348 e. The molecule has 8 heteroatoms. The van der Waals surface area contributed by atoms with Crippen LogP contribution in [0.4, 0.5) is 5.95 Å². The molecule has 3 heterocycles. The van der Waals surface area contributed by atoms with Gasteiger partial charge in [0.1, 0.15) is 4.88 Å². The number of carbonyl (C=O) groups excluding carboxylic acids is 1. The average molecular weight is 276 g/mol. The Hall–Kier alpha value is -2.09. The number of aromatic nitrogens is 4. The predicted molar refractivity (Wildman–Crippen MR) is 70.0 cm³/mol. The van der Waals surface area contributed by atoms with Crippen LogP contribution in [0.1, 0.15) is 15.4 Å². The van der Waals surface area contributed by atoms with E-state index in [0.29, 0.717) is 29.6 Å². The van der Waals surface area contributed by atoms with Gasteiger partial charge in [0.05, 0.1) is 11.7 Å². The number of amides is 1. The molecule has 0 unspecified atom stereocenters. The summed E-state index contributed by atoms with van der Waals surface area (Å²) in [7, 11) is 0. The maximum atomic E-state index is 12.1. The molecule has 3 rings (SSSR count). The number of carbonyl (C=O) groups is 1. The Kier molecular flexibility index (Phi) is 3.08. The zero-order valence-electron chi connectivity index (χ0n) is 10.3. The first kappa shape index (κ1) is 12.0. The minimum absolute atomic E-state index is 0.000435. The van der Waals surface area contributed by atoms with Gasteiger partial charge in [-0.3, -0.25) is 4.79 Å². The van der Waals surface area contributed by atoms with E-state index in [2.05, 4.69) is 24.9 Å². The standard InChI is InChI=1S/C11H12N6OS/c1-7-9(19-16-15-7)10(18)17-5-8(6-17)14-11-12-3-2-4-13-11/h2-4,8H,5-6H2,1H3,(H,12,13,14). The maximum absolute atomic E-state index is 12.1. The molecule has 19 heavy (non-hydrogen) atoms. The van der Waals surface area contributed by atoms with Crippen molar-refractivity contribution in [1.29, 1.82) is 0 Å². The summed E-state index contributed by atoms with van der Waals surface area (Å²) < 4.78 is 3.78. The summed E-state index contributed by atoms with van der Waals surface area (Å²) in [6, 6.07) is 1.97. The van der Waals surface area contributed by atoms with Gasteiger partial charge in [-0.2, -0.15) is 0 Å². The van der Waals surface area contributed by atoms with Crippen LogP contribution in [0, 0.1) is 6.92 Å². The van der Waals surface area contributed by atoms with E-state index in [1.54, 1.807) is 30.3 Å². The summed E-state index contributed by atoms with van der Waals surface area (Å²) in [5.41, 5.74) is 0.692. The van der Waals surface area contributed by atoms with Crippen LogP contribution in [-0.4, -0.2) is 49.5 Å². The number of aryl methyl sites for hydroxylation is 1. The number of nitrogens with one attached hydrogen (secondary N) is 1. The van der Waals surface area contributed by atoms with Crippen molar-refractivity contribution in [2.45, 2.75) is 13.0 Å². The van der Waals surface area contributed by atoms with Crippen molar-refractivity contribution in [3.63, 3.8) is 0 Å². The van der Waals surface area contributed by atoms with Crippen LogP contribution in [-0.2, 0) is 0 Å². The molecule has 7 nitrogen and oxygen atoms in total. The summed E-state index contributed by atoms with van der Waals surface area (Å²) in [5, 5.41) is 7.03. The van der Waals surface area contributed by atoms with Crippen LogP contribution in [0.15, 0.2) is 18.5 Å². The second kappa shape index (κ2) is 4.88. The summed E-state index contributed by atoms with van der Waals surface area (Å²) in [4.78, 5) is 22.7. The van der Waals surface area contributed by atoms with Crippen molar-refractivity contribution in [2.75, 3.05) is 18.4 Å². The highest BCUT2D eigenvalue weighted by Crippen LogP contribution is 2.19. The molecular formula is C11H12N6OS. The van der Waals surface area contributed by atoms with Crippen molar-refractivity contribution in [1.82, 2.24) is 24.5 Å². The molecule has 0 aliphatic carbocycles. The molecular weight excluding hydrogens is 264 g/mol. The summed E-state index contributed by atoms with van der Waals surface area (Å²) >= 11 is 1.14. The fraction of sp³-hybridized carbons (Fsp3) is 0.364. The van der Waals surface area contributed by atoms with Gasteiger partial charge in [-0.15, -0.1) is 5.10 Å². The molecule has 0 bridgehead atoms. The smallest absolute Gasteiger partial charge is 0.267 e. The van der Waals surface area contributed by atoms with Crippen LogP contribution in [0.5, 0.6) is 0 Å². The van der Waals surface area contributed by atoms with Crippen LogP contribution in [0.3, 0.4) is 0 Å². The molecule has 0 atom stereocenters. The highest BCUT2D eigenvalue weighted by molar-refractivity contribution is 7.07. The molecule has 1 aliphatic heterocycles. The SMILES string of the molecule is Cc1nnsc1C(=O)N1CC(Nc2ncccn2)C1.